The molecule has 0 aromatic heterocycles. The Kier molecular flexibility index (Phi) is 5.53. The number of aliphatic carboxylic acids is 1. The highest BCUT2D eigenvalue weighted by Gasteiger charge is 2.30. The molecule has 0 unspecified atom stereocenters. The summed E-state index contributed by atoms with van der Waals surface area (Å²) in [6.45, 7) is 2.02. The number of nitrogens with one attached hydrogen (secondary N) is 1. The highest BCUT2D eigenvalue weighted by Crippen LogP contribution is 2.28. The number of carbonyl (C=O) groups is 2. The molecule has 2 N–H and O–H groups in total. The van der Waals surface area contributed by atoms with Crippen LogP contribution in [0.2, 0.25) is 5.02 Å². The molecule has 0 heterocycles. The van der Waals surface area contributed by atoms with Crippen LogP contribution in [0.4, 0.5) is 0 Å². The summed E-state index contributed by atoms with van der Waals surface area (Å²) < 4.78 is 0. The first-order chi connectivity index (χ1) is 10.0. The molecule has 0 spiro atoms. The molecule has 1 aliphatic carbocycles. The van der Waals surface area contributed by atoms with Crippen molar-refractivity contribution in [2.75, 3.05) is 5.75 Å². The molecule has 1 aromatic carbocycles. The average molecular weight is 328 g/mol. The number of amides is 1. The van der Waals surface area contributed by atoms with Crippen LogP contribution in [0.3, 0.4) is 0 Å². The number of benzene rings is 1. The third-order valence-electron chi connectivity index (χ3n) is 3.61. The Hall–Kier alpha value is -1.20. The van der Waals surface area contributed by atoms with E-state index in [0.29, 0.717) is 29.8 Å². The third-order valence-corrected chi connectivity index (χ3v) is 4.78. The zero-order chi connectivity index (χ0) is 15.4. The maximum atomic E-state index is 12.4. The SMILES string of the molecule is CCSc1cc(Cl)ccc1C(=O)N[C@@H]1CC[C@H](C(=O)O)C1. The lowest BCUT2D eigenvalue weighted by atomic mass is 10.1. The Morgan fingerprint density at radius 1 is 1.43 bits per heavy atom. The van der Waals surface area contributed by atoms with Crippen molar-refractivity contribution in [2.24, 2.45) is 5.92 Å². The van der Waals surface area contributed by atoms with Crippen LogP contribution in [0.5, 0.6) is 0 Å². The van der Waals surface area contributed by atoms with Gasteiger partial charge in [0.25, 0.3) is 5.91 Å². The molecule has 1 aliphatic rings. The molecular weight excluding hydrogens is 310 g/mol. The minimum Gasteiger partial charge on any atom is -0.481 e. The summed E-state index contributed by atoms with van der Waals surface area (Å²) in [7, 11) is 0. The van der Waals surface area contributed by atoms with Gasteiger partial charge in [0, 0.05) is 16.0 Å². The standard InChI is InChI=1S/C15H18ClNO3S/c1-2-21-13-8-10(16)4-6-12(13)14(18)17-11-5-3-9(7-11)15(19)20/h4,6,8-9,11H,2-3,5,7H2,1H3,(H,17,18)(H,19,20)/t9-,11+/m0/s1. The van der Waals surface area contributed by atoms with Gasteiger partial charge in [0.1, 0.15) is 0 Å². The van der Waals surface area contributed by atoms with E-state index in [2.05, 4.69) is 5.32 Å². The summed E-state index contributed by atoms with van der Waals surface area (Å²) in [6, 6.07) is 5.15. The smallest absolute Gasteiger partial charge is 0.306 e. The van der Waals surface area contributed by atoms with E-state index in [4.69, 9.17) is 16.7 Å². The van der Waals surface area contributed by atoms with Crippen molar-refractivity contribution in [1.82, 2.24) is 5.32 Å². The molecule has 0 bridgehead atoms. The number of carboxylic acid groups (broad SMARTS) is 1. The maximum absolute atomic E-state index is 12.4. The summed E-state index contributed by atoms with van der Waals surface area (Å²) in [5.41, 5.74) is 0.602. The van der Waals surface area contributed by atoms with E-state index in [1.165, 1.54) is 0 Å². The average Bonchev–Trinajstić information content (AvgIpc) is 2.88. The van der Waals surface area contributed by atoms with Crippen LogP contribution in [0.15, 0.2) is 23.1 Å². The normalized spacial score (nSPS) is 21.2. The zero-order valence-corrected chi connectivity index (χ0v) is 13.3. The van der Waals surface area contributed by atoms with Crippen molar-refractivity contribution in [3.05, 3.63) is 28.8 Å². The first kappa shape index (κ1) is 16.2. The number of thioether (sulfide) groups is 1. The predicted molar refractivity (Wildman–Crippen MR) is 84.1 cm³/mol. The van der Waals surface area contributed by atoms with Gasteiger partial charge in [0.2, 0.25) is 0 Å². The monoisotopic (exact) mass is 327 g/mol. The molecule has 1 saturated carbocycles. The van der Waals surface area contributed by atoms with E-state index in [-0.39, 0.29) is 17.9 Å². The second kappa shape index (κ2) is 7.18. The second-order valence-corrected chi connectivity index (χ2v) is 6.83. The molecule has 2 rings (SSSR count). The quantitative estimate of drug-likeness (QED) is 0.813. The van der Waals surface area contributed by atoms with Crippen molar-refractivity contribution in [3.8, 4) is 0 Å². The molecular formula is C15H18ClNO3S. The lowest BCUT2D eigenvalue weighted by molar-refractivity contribution is -0.141. The molecule has 6 heteroatoms. The fraction of sp³-hybridized carbons (Fsp3) is 0.467. The van der Waals surface area contributed by atoms with E-state index in [9.17, 15) is 9.59 Å². The van der Waals surface area contributed by atoms with E-state index < -0.39 is 5.97 Å². The minimum atomic E-state index is -0.777. The maximum Gasteiger partial charge on any atom is 0.306 e. The third kappa shape index (κ3) is 4.14. The summed E-state index contributed by atoms with van der Waals surface area (Å²) in [5.74, 6) is -0.422. The van der Waals surface area contributed by atoms with Gasteiger partial charge in [-0.1, -0.05) is 18.5 Å². The fourth-order valence-corrected chi connectivity index (χ4v) is 3.63. The largest absolute Gasteiger partial charge is 0.481 e. The Morgan fingerprint density at radius 2 is 2.19 bits per heavy atom. The molecule has 1 aromatic rings. The molecule has 0 saturated heterocycles. The minimum absolute atomic E-state index is 0.0613. The van der Waals surface area contributed by atoms with Gasteiger partial charge in [-0.3, -0.25) is 9.59 Å². The van der Waals surface area contributed by atoms with E-state index >= 15 is 0 Å². The number of hydrogen-bond acceptors (Lipinski definition) is 3. The fourth-order valence-electron chi connectivity index (χ4n) is 2.56. The molecule has 1 fully saturated rings. The Balaban J connectivity index is 2.05. The number of halogens is 1. The molecule has 114 valence electrons. The summed E-state index contributed by atoms with van der Waals surface area (Å²) in [4.78, 5) is 24.2. The van der Waals surface area contributed by atoms with E-state index in [0.717, 1.165) is 10.6 Å². The highest BCUT2D eigenvalue weighted by molar-refractivity contribution is 7.99. The van der Waals surface area contributed by atoms with Gasteiger partial charge in [0.15, 0.2) is 0 Å². The van der Waals surface area contributed by atoms with E-state index in [1.807, 2.05) is 6.92 Å². The second-order valence-electron chi connectivity index (χ2n) is 5.09. The van der Waals surface area contributed by atoms with Crippen molar-refractivity contribution in [3.63, 3.8) is 0 Å². The van der Waals surface area contributed by atoms with Crippen LogP contribution in [0.1, 0.15) is 36.5 Å². The molecule has 0 aliphatic heterocycles. The Labute approximate surface area is 133 Å². The van der Waals surface area contributed by atoms with Crippen molar-refractivity contribution in [2.45, 2.75) is 37.1 Å². The number of carbonyl (C=O) groups excluding carboxylic acids is 1. The number of carboxylic acids is 1. The van der Waals surface area contributed by atoms with Crippen LogP contribution >= 0.6 is 23.4 Å². The highest BCUT2D eigenvalue weighted by atomic mass is 35.5. The summed E-state index contributed by atoms with van der Waals surface area (Å²) in [6.07, 6.45) is 1.84. The lowest BCUT2D eigenvalue weighted by Gasteiger charge is -2.14. The molecule has 21 heavy (non-hydrogen) atoms. The van der Waals surface area contributed by atoms with Gasteiger partial charge >= 0.3 is 5.97 Å². The lowest BCUT2D eigenvalue weighted by Crippen LogP contribution is -2.33. The van der Waals surface area contributed by atoms with Gasteiger partial charge in [-0.2, -0.15) is 0 Å². The van der Waals surface area contributed by atoms with Gasteiger partial charge in [0.05, 0.1) is 11.5 Å². The molecule has 0 radical (unpaired) electrons. The van der Waals surface area contributed by atoms with Gasteiger partial charge < -0.3 is 10.4 Å². The zero-order valence-electron chi connectivity index (χ0n) is 11.8. The van der Waals surface area contributed by atoms with Crippen molar-refractivity contribution < 1.29 is 14.7 Å². The Bertz CT molecular complexity index is 550. The topological polar surface area (TPSA) is 66.4 Å². The molecule has 1 amide bonds. The van der Waals surface area contributed by atoms with Gasteiger partial charge in [-0.15, -0.1) is 11.8 Å². The first-order valence-corrected chi connectivity index (χ1v) is 8.33. The van der Waals surface area contributed by atoms with Crippen LogP contribution in [0, 0.1) is 5.92 Å². The number of rotatable bonds is 5. The van der Waals surface area contributed by atoms with Crippen LogP contribution < -0.4 is 5.32 Å². The van der Waals surface area contributed by atoms with Crippen LogP contribution in [-0.2, 0) is 4.79 Å². The molecule has 4 nitrogen and oxygen atoms in total. The van der Waals surface area contributed by atoms with Crippen molar-refractivity contribution in [1.29, 1.82) is 0 Å². The summed E-state index contributed by atoms with van der Waals surface area (Å²) >= 11 is 7.54. The summed E-state index contributed by atoms with van der Waals surface area (Å²) in [5, 5.41) is 12.5. The van der Waals surface area contributed by atoms with E-state index in [1.54, 1.807) is 30.0 Å². The number of hydrogen-bond donors (Lipinski definition) is 2. The van der Waals surface area contributed by atoms with Gasteiger partial charge in [-0.25, -0.2) is 0 Å². The Morgan fingerprint density at radius 3 is 2.81 bits per heavy atom. The van der Waals surface area contributed by atoms with Crippen LogP contribution in [-0.4, -0.2) is 28.8 Å². The molecule has 2 atom stereocenters. The van der Waals surface area contributed by atoms with Crippen molar-refractivity contribution >= 4 is 35.2 Å². The van der Waals surface area contributed by atoms with Gasteiger partial charge in [-0.05, 0) is 43.2 Å². The van der Waals surface area contributed by atoms with Crippen LogP contribution in [0.25, 0.3) is 0 Å². The predicted octanol–water partition coefficient (Wildman–Crippen LogP) is 3.44. The first-order valence-electron chi connectivity index (χ1n) is 6.97.